The number of rotatable bonds is 7. The Bertz CT molecular complexity index is 505. The molecule has 0 aliphatic carbocycles. The molecule has 0 radical (unpaired) electrons. The van der Waals surface area contributed by atoms with Gasteiger partial charge in [-0.05, 0) is 17.5 Å². The Morgan fingerprint density at radius 2 is 1.60 bits per heavy atom. The molecule has 2 aromatic carbocycles. The van der Waals surface area contributed by atoms with Crippen LogP contribution in [-0.4, -0.2) is 17.8 Å². The number of ether oxygens (including phenoxy) is 1. The standard InChI is InChI=1S/C18H20O2/c19-18(13-7-12-16-8-3-1-4-9-16)15-20-14-17-10-5-2-6-11-17/h1-12,18-19H,13-15H2/b12-7+. The molecule has 20 heavy (non-hydrogen) atoms. The van der Waals surface area contributed by atoms with Gasteiger partial charge in [-0.25, -0.2) is 0 Å². The van der Waals surface area contributed by atoms with Crippen molar-refractivity contribution in [3.8, 4) is 0 Å². The molecule has 0 bridgehead atoms. The van der Waals surface area contributed by atoms with Crippen LogP contribution in [0.15, 0.2) is 66.7 Å². The molecular weight excluding hydrogens is 248 g/mol. The van der Waals surface area contributed by atoms with Crippen LogP contribution < -0.4 is 0 Å². The van der Waals surface area contributed by atoms with Gasteiger partial charge in [0.2, 0.25) is 0 Å². The Labute approximate surface area is 120 Å². The first-order chi connectivity index (χ1) is 9.84. The van der Waals surface area contributed by atoms with Gasteiger partial charge in [-0.1, -0.05) is 72.8 Å². The summed E-state index contributed by atoms with van der Waals surface area (Å²) in [7, 11) is 0. The van der Waals surface area contributed by atoms with Gasteiger partial charge in [0.25, 0.3) is 0 Å². The molecule has 0 aromatic heterocycles. The monoisotopic (exact) mass is 268 g/mol. The van der Waals surface area contributed by atoms with E-state index in [2.05, 4.69) is 0 Å². The Balaban J connectivity index is 1.66. The molecule has 2 nitrogen and oxygen atoms in total. The summed E-state index contributed by atoms with van der Waals surface area (Å²) in [6.07, 6.45) is 4.13. The van der Waals surface area contributed by atoms with E-state index >= 15 is 0 Å². The molecule has 2 aromatic rings. The first kappa shape index (κ1) is 14.5. The van der Waals surface area contributed by atoms with Crippen molar-refractivity contribution in [2.75, 3.05) is 6.61 Å². The highest BCUT2D eigenvalue weighted by Crippen LogP contribution is 2.05. The van der Waals surface area contributed by atoms with Crippen LogP contribution in [-0.2, 0) is 11.3 Å². The molecule has 1 unspecified atom stereocenters. The van der Waals surface area contributed by atoms with Crippen molar-refractivity contribution in [3.63, 3.8) is 0 Å². The quantitative estimate of drug-likeness (QED) is 0.830. The van der Waals surface area contributed by atoms with Crippen molar-refractivity contribution in [2.45, 2.75) is 19.1 Å². The van der Waals surface area contributed by atoms with E-state index in [0.29, 0.717) is 19.6 Å². The van der Waals surface area contributed by atoms with Crippen LogP contribution in [0, 0.1) is 0 Å². The van der Waals surface area contributed by atoms with Gasteiger partial charge in [0, 0.05) is 0 Å². The predicted molar refractivity (Wildman–Crippen MR) is 82.2 cm³/mol. The lowest BCUT2D eigenvalue weighted by molar-refractivity contribution is 0.0302. The van der Waals surface area contributed by atoms with E-state index in [1.165, 1.54) is 0 Å². The minimum atomic E-state index is -0.460. The normalized spacial score (nSPS) is 12.7. The van der Waals surface area contributed by atoms with E-state index in [9.17, 15) is 5.11 Å². The summed E-state index contributed by atoms with van der Waals surface area (Å²) in [5.74, 6) is 0. The fourth-order valence-corrected chi connectivity index (χ4v) is 1.88. The van der Waals surface area contributed by atoms with Gasteiger partial charge < -0.3 is 9.84 Å². The second-order valence-corrected chi connectivity index (χ2v) is 4.70. The molecule has 2 heteroatoms. The molecule has 2 rings (SSSR count). The molecule has 0 aliphatic heterocycles. The minimum Gasteiger partial charge on any atom is -0.390 e. The lowest BCUT2D eigenvalue weighted by Crippen LogP contribution is -2.14. The SMILES string of the molecule is OC(C/C=C/c1ccccc1)COCc1ccccc1. The molecular formula is C18H20O2. The Hall–Kier alpha value is -1.90. The summed E-state index contributed by atoms with van der Waals surface area (Å²) in [6, 6.07) is 20.0. The smallest absolute Gasteiger partial charge is 0.0808 e. The van der Waals surface area contributed by atoms with Gasteiger partial charge >= 0.3 is 0 Å². The van der Waals surface area contributed by atoms with Crippen LogP contribution in [0.5, 0.6) is 0 Å². The summed E-state index contributed by atoms with van der Waals surface area (Å²) >= 11 is 0. The maximum Gasteiger partial charge on any atom is 0.0808 e. The first-order valence-electron chi connectivity index (χ1n) is 6.86. The molecule has 0 saturated carbocycles. The average molecular weight is 268 g/mol. The van der Waals surface area contributed by atoms with Crippen molar-refractivity contribution >= 4 is 6.08 Å². The molecule has 0 aliphatic rings. The number of aliphatic hydroxyl groups excluding tert-OH is 1. The fraction of sp³-hybridized carbons (Fsp3) is 0.222. The molecule has 104 valence electrons. The van der Waals surface area contributed by atoms with Gasteiger partial charge in [-0.3, -0.25) is 0 Å². The predicted octanol–water partition coefficient (Wildman–Crippen LogP) is 3.67. The maximum atomic E-state index is 9.83. The number of benzene rings is 2. The number of hydrogen-bond donors (Lipinski definition) is 1. The van der Waals surface area contributed by atoms with E-state index in [-0.39, 0.29) is 0 Å². The highest BCUT2D eigenvalue weighted by atomic mass is 16.5. The molecule has 0 saturated heterocycles. The summed E-state index contributed by atoms with van der Waals surface area (Å²) in [4.78, 5) is 0. The van der Waals surface area contributed by atoms with E-state index < -0.39 is 6.10 Å². The van der Waals surface area contributed by atoms with Crippen LogP contribution in [0.25, 0.3) is 6.08 Å². The summed E-state index contributed by atoms with van der Waals surface area (Å²) in [6.45, 7) is 0.897. The molecule has 1 N–H and O–H groups in total. The molecule has 0 spiro atoms. The zero-order valence-corrected chi connectivity index (χ0v) is 11.5. The van der Waals surface area contributed by atoms with Crippen LogP contribution in [0.2, 0.25) is 0 Å². The Kier molecular flexibility index (Phi) is 6.03. The Morgan fingerprint density at radius 3 is 2.30 bits per heavy atom. The third-order valence-corrected chi connectivity index (χ3v) is 2.94. The van der Waals surface area contributed by atoms with E-state index in [0.717, 1.165) is 11.1 Å². The summed E-state index contributed by atoms with van der Waals surface area (Å²) in [5.41, 5.74) is 2.27. The number of aliphatic hydroxyl groups is 1. The fourth-order valence-electron chi connectivity index (χ4n) is 1.88. The molecule has 0 fully saturated rings. The van der Waals surface area contributed by atoms with Crippen molar-refractivity contribution in [2.24, 2.45) is 0 Å². The van der Waals surface area contributed by atoms with Crippen LogP contribution in [0.1, 0.15) is 17.5 Å². The number of hydrogen-bond acceptors (Lipinski definition) is 2. The Morgan fingerprint density at radius 1 is 0.950 bits per heavy atom. The minimum absolute atomic E-state index is 0.355. The van der Waals surface area contributed by atoms with E-state index in [4.69, 9.17) is 4.74 Å². The van der Waals surface area contributed by atoms with Crippen molar-refractivity contribution in [1.82, 2.24) is 0 Å². The molecule has 0 heterocycles. The molecule has 0 amide bonds. The van der Waals surface area contributed by atoms with Gasteiger partial charge in [0.1, 0.15) is 0 Å². The van der Waals surface area contributed by atoms with Crippen LogP contribution in [0.4, 0.5) is 0 Å². The second kappa shape index (κ2) is 8.31. The zero-order valence-electron chi connectivity index (χ0n) is 11.5. The average Bonchev–Trinajstić information content (AvgIpc) is 2.49. The van der Waals surface area contributed by atoms with Crippen molar-refractivity contribution < 1.29 is 9.84 Å². The first-order valence-corrected chi connectivity index (χ1v) is 6.86. The van der Waals surface area contributed by atoms with E-state index in [1.54, 1.807) is 0 Å². The van der Waals surface area contributed by atoms with E-state index in [1.807, 2.05) is 72.8 Å². The highest BCUT2D eigenvalue weighted by molar-refractivity contribution is 5.48. The maximum absolute atomic E-state index is 9.83. The third kappa shape index (κ3) is 5.39. The van der Waals surface area contributed by atoms with Gasteiger partial charge in [0.05, 0.1) is 19.3 Å². The summed E-state index contributed by atoms with van der Waals surface area (Å²) < 4.78 is 5.50. The topological polar surface area (TPSA) is 29.5 Å². The van der Waals surface area contributed by atoms with Crippen LogP contribution in [0.3, 0.4) is 0 Å². The van der Waals surface area contributed by atoms with Gasteiger partial charge in [-0.2, -0.15) is 0 Å². The van der Waals surface area contributed by atoms with Crippen molar-refractivity contribution in [1.29, 1.82) is 0 Å². The summed E-state index contributed by atoms with van der Waals surface area (Å²) in [5, 5.41) is 9.83. The third-order valence-electron chi connectivity index (χ3n) is 2.94. The highest BCUT2D eigenvalue weighted by Gasteiger charge is 2.01. The van der Waals surface area contributed by atoms with Gasteiger partial charge in [-0.15, -0.1) is 0 Å². The zero-order chi connectivity index (χ0) is 14.0. The largest absolute Gasteiger partial charge is 0.390 e. The lowest BCUT2D eigenvalue weighted by atomic mass is 10.2. The molecule has 1 atom stereocenters. The lowest BCUT2D eigenvalue weighted by Gasteiger charge is -2.09. The second-order valence-electron chi connectivity index (χ2n) is 4.70. The van der Waals surface area contributed by atoms with Crippen LogP contribution >= 0.6 is 0 Å². The van der Waals surface area contributed by atoms with Crippen molar-refractivity contribution in [3.05, 3.63) is 77.9 Å². The van der Waals surface area contributed by atoms with Gasteiger partial charge in [0.15, 0.2) is 0 Å².